The second kappa shape index (κ2) is 9.26. The van der Waals surface area contributed by atoms with Gasteiger partial charge in [-0.05, 0) is 6.54 Å². The topological polar surface area (TPSA) is 26.0 Å². The summed E-state index contributed by atoms with van der Waals surface area (Å²) in [7, 11) is -3.67. The van der Waals surface area contributed by atoms with Crippen molar-refractivity contribution in [3.8, 4) is 0 Å². The average molecular weight is 113 g/mol. The van der Waals surface area contributed by atoms with Crippen molar-refractivity contribution in [1.82, 2.24) is 0 Å². The highest BCUT2D eigenvalue weighted by Crippen LogP contribution is 1.80. The van der Waals surface area contributed by atoms with Gasteiger partial charge in [0.25, 0.3) is 0 Å². The lowest BCUT2D eigenvalue weighted by Crippen LogP contribution is -1.87. The lowest BCUT2D eigenvalue weighted by atomic mass is 10.5. The van der Waals surface area contributed by atoms with Gasteiger partial charge in [-0.1, -0.05) is 6.92 Å². The van der Waals surface area contributed by atoms with Crippen LogP contribution in [0, 0.1) is 0 Å². The minimum atomic E-state index is -3.67. The monoisotopic (exact) mass is 113 g/mol. The molecule has 0 spiro atoms. The van der Waals surface area contributed by atoms with Crippen LogP contribution < -0.4 is 5.73 Å². The minimum absolute atomic E-state index is 0.750. The second-order valence-electron chi connectivity index (χ2n) is 0.656. The summed E-state index contributed by atoms with van der Waals surface area (Å²) in [6.07, 6.45) is 0. The zero-order valence-electron chi connectivity index (χ0n) is 4.00. The molecule has 0 aliphatic rings. The molecule has 0 aromatic rings. The van der Waals surface area contributed by atoms with E-state index >= 15 is 0 Å². The molecular weight excluding hydrogens is 106 g/mol. The van der Waals surface area contributed by atoms with Crippen molar-refractivity contribution in [3.63, 3.8) is 0 Å². The molecule has 44 valence electrons. The molecule has 0 saturated carbocycles. The summed E-state index contributed by atoms with van der Waals surface area (Å²) in [5.74, 6) is 0. The number of hydrogen-bond acceptors (Lipinski definition) is 1. The fourth-order valence-corrected chi connectivity index (χ4v) is 0. The molecule has 0 saturated heterocycles. The molecule has 0 fully saturated rings. The first-order chi connectivity index (χ1) is 3.15. The van der Waals surface area contributed by atoms with Crippen molar-refractivity contribution < 1.29 is 12.9 Å². The molecular formula is C2H7BF3N. The van der Waals surface area contributed by atoms with Crippen molar-refractivity contribution >= 4 is 7.54 Å². The Morgan fingerprint density at radius 2 is 1.43 bits per heavy atom. The molecule has 0 aliphatic carbocycles. The Morgan fingerprint density at radius 3 is 1.43 bits per heavy atom. The number of nitrogens with two attached hydrogens (primary N) is 1. The van der Waals surface area contributed by atoms with Gasteiger partial charge in [0.2, 0.25) is 0 Å². The van der Waals surface area contributed by atoms with Gasteiger partial charge >= 0.3 is 7.54 Å². The van der Waals surface area contributed by atoms with E-state index in [4.69, 9.17) is 5.73 Å². The molecule has 0 atom stereocenters. The molecule has 0 aromatic heterocycles. The quantitative estimate of drug-likeness (QED) is 0.463. The number of rotatable bonds is 0. The van der Waals surface area contributed by atoms with E-state index in [9.17, 15) is 12.9 Å². The molecule has 0 heterocycles. The van der Waals surface area contributed by atoms with Crippen molar-refractivity contribution in [2.45, 2.75) is 6.92 Å². The first kappa shape index (κ1) is 9.94. The van der Waals surface area contributed by atoms with Gasteiger partial charge in [-0.25, -0.2) is 0 Å². The van der Waals surface area contributed by atoms with Crippen molar-refractivity contribution in [2.24, 2.45) is 5.73 Å². The summed E-state index contributed by atoms with van der Waals surface area (Å²) in [6.45, 7) is 2.65. The molecule has 0 aliphatic heterocycles. The molecule has 5 heteroatoms. The normalized spacial score (nSPS) is 6.43. The number of halogens is 3. The minimum Gasteiger partial charge on any atom is -0.331 e. The highest BCUT2D eigenvalue weighted by molar-refractivity contribution is 6.33. The van der Waals surface area contributed by atoms with Crippen LogP contribution in [0.3, 0.4) is 0 Å². The highest BCUT2D eigenvalue weighted by atomic mass is 19.4. The Labute approximate surface area is 40.9 Å². The first-order valence-corrected chi connectivity index (χ1v) is 1.77. The largest absolute Gasteiger partial charge is 0.762 e. The summed E-state index contributed by atoms with van der Waals surface area (Å²) in [6, 6.07) is 0. The van der Waals surface area contributed by atoms with Gasteiger partial charge < -0.3 is 5.73 Å². The fraction of sp³-hybridized carbons (Fsp3) is 1.00. The van der Waals surface area contributed by atoms with Gasteiger partial charge in [0.05, 0.1) is 0 Å². The van der Waals surface area contributed by atoms with Gasteiger partial charge in [-0.3, -0.25) is 12.9 Å². The van der Waals surface area contributed by atoms with E-state index in [-0.39, 0.29) is 0 Å². The lowest BCUT2D eigenvalue weighted by Gasteiger charge is -1.55. The van der Waals surface area contributed by atoms with E-state index in [0.717, 1.165) is 6.54 Å². The zero-order chi connectivity index (χ0) is 6.28. The standard InChI is InChI=1S/C2H7N.BF3/c1-2-3;2-1(3)4/h2-3H2,1H3;. The van der Waals surface area contributed by atoms with E-state index < -0.39 is 7.54 Å². The summed E-state index contributed by atoms with van der Waals surface area (Å²) >= 11 is 0. The van der Waals surface area contributed by atoms with Crippen molar-refractivity contribution in [2.75, 3.05) is 6.54 Å². The van der Waals surface area contributed by atoms with Crippen LogP contribution in [0.15, 0.2) is 0 Å². The van der Waals surface area contributed by atoms with E-state index in [1.807, 2.05) is 6.92 Å². The van der Waals surface area contributed by atoms with Crippen LogP contribution in [0.25, 0.3) is 0 Å². The second-order valence-corrected chi connectivity index (χ2v) is 0.656. The lowest BCUT2D eigenvalue weighted by molar-refractivity contribution is 0.535. The van der Waals surface area contributed by atoms with Crippen molar-refractivity contribution in [1.29, 1.82) is 0 Å². The summed E-state index contributed by atoms with van der Waals surface area (Å²) in [4.78, 5) is 0. The Morgan fingerprint density at radius 1 is 1.43 bits per heavy atom. The van der Waals surface area contributed by atoms with Gasteiger partial charge in [-0.15, -0.1) is 0 Å². The smallest absolute Gasteiger partial charge is 0.331 e. The molecule has 0 aromatic carbocycles. The maximum absolute atomic E-state index is 9.67. The van der Waals surface area contributed by atoms with E-state index in [1.54, 1.807) is 0 Å². The van der Waals surface area contributed by atoms with Gasteiger partial charge in [0, 0.05) is 0 Å². The molecule has 1 nitrogen and oxygen atoms in total. The zero-order valence-corrected chi connectivity index (χ0v) is 4.00. The van der Waals surface area contributed by atoms with Crippen LogP contribution in [-0.2, 0) is 0 Å². The maximum Gasteiger partial charge on any atom is 0.762 e. The summed E-state index contributed by atoms with van der Waals surface area (Å²) in [5, 5.41) is 0. The van der Waals surface area contributed by atoms with Crippen LogP contribution in [-0.4, -0.2) is 14.1 Å². The van der Waals surface area contributed by atoms with Crippen LogP contribution in [0.1, 0.15) is 6.92 Å². The van der Waals surface area contributed by atoms with Gasteiger partial charge in [-0.2, -0.15) is 0 Å². The molecule has 0 bridgehead atoms. The fourth-order valence-electron chi connectivity index (χ4n) is 0. The molecule has 0 amide bonds. The Hall–Kier alpha value is -0.185. The van der Waals surface area contributed by atoms with Crippen molar-refractivity contribution in [3.05, 3.63) is 0 Å². The average Bonchev–Trinajstić information content (AvgIpc) is 1.33. The van der Waals surface area contributed by atoms with Gasteiger partial charge in [0.15, 0.2) is 0 Å². The SMILES string of the molecule is CCN.FB(F)F. The molecule has 0 rings (SSSR count). The van der Waals surface area contributed by atoms with Crippen LogP contribution in [0.5, 0.6) is 0 Å². The highest BCUT2D eigenvalue weighted by Gasteiger charge is 2.06. The van der Waals surface area contributed by atoms with E-state index in [0.29, 0.717) is 0 Å². The third-order valence-corrected chi connectivity index (χ3v) is 0. The van der Waals surface area contributed by atoms with Crippen LogP contribution >= 0.6 is 0 Å². The molecule has 7 heavy (non-hydrogen) atoms. The first-order valence-electron chi connectivity index (χ1n) is 1.77. The Balaban J connectivity index is 0. The third kappa shape index (κ3) is 2470. The van der Waals surface area contributed by atoms with Crippen LogP contribution in [0.4, 0.5) is 12.9 Å². The summed E-state index contributed by atoms with van der Waals surface area (Å²) < 4.78 is 29.0. The predicted octanol–water partition coefficient (Wildman–Crippen LogP) is 0.845. The predicted molar refractivity (Wildman–Crippen MR) is 23.8 cm³/mol. The Kier molecular flexibility index (Phi) is 13.2. The van der Waals surface area contributed by atoms with E-state index in [2.05, 4.69) is 0 Å². The molecule has 2 N–H and O–H groups in total. The maximum atomic E-state index is 9.67. The van der Waals surface area contributed by atoms with E-state index in [1.165, 1.54) is 0 Å². The Bertz CT molecular complexity index is 24.1. The number of hydrogen-bond donors (Lipinski definition) is 1. The molecule has 0 radical (unpaired) electrons. The summed E-state index contributed by atoms with van der Waals surface area (Å²) in [5.41, 5.74) is 4.85. The van der Waals surface area contributed by atoms with Gasteiger partial charge in [0.1, 0.15) is 0 Å². The van der Waals surface area contributed by atoms with Crippen LogP contribution in [0.2, 0.25) is 0 Å². The molecule has 0 unspecified atom stereocenters. The third-order valence-electron chi connectivity index (χ3n) is 0.